The molecule has 0 heterocycles. The van der Waals surface area contributed by atoms with Crippen LogP contribution in [-0.2, 0) is 9.59 Å². The van der Waals surface area contributed by atoms with Crippen LogP contribution in [0.2, 0.25) is 0 Å². The highest BCUT2D eigenvalue weighted by molar-refractivity contribution is 5.42. The van der Waals surface area contributed by atoms with Gasteiger partial charge in [-0.3, -0.25) is 9.59 Å². The van der Waals surface area contributed by atoms with Gasteiger partial charge in [-0.05, 0) is 25.3 Å². The molecule has 0 aromatic heterocycles. The van der Waals surface area contributed by atoms with Crippen molar-refractivity contribution in [1.82, 2.24) is 4.90 Å². The summed E-state index contributed by atoms with van der Waals surface area (Å²) in [4.78, 5) is 27.4. The van der Waals surface area contributed by atoms with Crippen molar-refractivity contribution in [1.29, 1.82) is 5.26 Å². The molecule has 0 aromatic carbocycles. The van der Waals surface area contributed by atoms with Gasteiger partial charge in [0.2, 0.25) is 12.8 Å². The van der Waals surface area contributed by atoms with E-state index in [0.29, 0.717) is 0 Å². The average molecular weight is 289 g/mol. The van der Waals surface area contributed by atoms with Crippen molar-refractivity contribution < 1.29 is 19.9 Å². The van der Waals surface area contributed by atoms with Gasteiger partial charge in [-0.25, -0.2) is 0 Å². The summed E-state index contributed by atoms with van der Waals surface area (Å²) in [6.45, 7) is 1.78. The third-order valence-corrected chi connectivity index (χ3v) is 0.907. The summed E-state index contributed by atoms with van der Waals surface area (Å²) in [6, 6.07) is 2.03. The fourth-order valence-corrected chi connectivity index (χ4v) is 0.397. The van der Waals surface area contributed by atoms with E-state index in [1.165, 1.54) is 0 Å². The van der Waals surface area contributed by atoms with E-state index < -0.39 is 5.09 Å². The zero-order chi connectivity index (χ0) is 17.0. The molecule has 0 rings (SSSR count). The van der Waals surface area contributed by atoms with Crippen LogP contribution in [0.1, 0.15) is 6.92 Å². The van der Waals surface area contributed by atoms with Gasteiger partial charge in [-0.1, -0.05) is 0 Å². The number of allylic oxidation sites excluding steroid dienone is 3. The molecular weight excluding hydrogens is 270 g/mol. The summed E-state index contributed by atoms with van der Waals surface area (Å²) >= 11 is 0. The molecule has 0 fully saturated rings. The van der Waals surface area contributed by atoms with E-state index in [9.17, 15) is 0 Å². The third kappa shape index (κ3) is 120. The van der Waals surface area contributed by atoms with Gasteiger partial charge in [0.25, 0.3) is 5.09 Å². The molecule has 10 nitrogen and oxygen atoms in total. The predicted octanol–water partition coefficient (Wildman–Crippen LogP) is -0.613. The Balaban J connectivity index is -0.000000106. The van der Waals surface area contributed by atoms with Crippen LogP contribution in [0.15, 0.2) is 23.9 Å². The molecule has 10 heteroatoms. The van der Waals surface area contributed by atoms with E-state index >= 15 is 0 Å². The Morgan fingerprint density at radius 3 is 1.85 bits per heavy atom. The van der Waals surface area contributed by atoms with E-state index in [1.807, 2.05) is 37.3 Å². The molecule has 0 aliphatic heterocycles. The van der Waals surface area contributed by atoms with E-state index in [-0.39, 0.29) is 12.8 Å². The second-order valence-electron chi connectivity index (χ2n) is 2.78. The molecule has 0 radical (unpaired) electrons. The monoisotopic (exact) mass is 289 g/mol. The van der Waals surface area contributed by atoms with Gasteiger partial charge in [0.05, 0.1) is 6.07 Å². The molecular formula is C10H19N5O5. The van der Waals surface area contributed by atoms with Crippen LogP contribution in [0.4, 0.5) is 0 Å². The molecule has 0 aliphatic rings. The summed E-state index contributed by atoms with van der Waals surface area (Å²) < 4.78 is 0. The highest BCUT2D eigenvalue weighted by Crippen LogP contribution is 1.89. The molecule has 0 aliphatic carbocycles. The Morgan fingerprint density at radius 2 is 1.65 bits per heavy atom. The zero-order valence-electron chi connectivity index (χ0n) is 11.5. The van der Waals surface area contributed by atoms with E-state index in [0.717, 1.165) is 5.57 Å². The van der Waals surface area contributed by atoms with Crippen LogP contribution >= 0.6 is 0 Å². The Labute approximate surface area is 116 Å². The third-order valence-electron chi connectivity index (χ3n) is 0.907. The molecule has 114 valence electrons. The van der Waals surface area contributed by atoms with Gasteiger partial charge in [-0.15, -0.1) is 10.1 Å². The first kappa shape index (κ1) is 25.7. The molecule has 0 atom stereocenters. The van der Waals surface area contributed by atoms with Crippen molar-refractivity contribution in [3.8, 4) is 6.07 Å². The molecule has 20 heavy (non-hydrogen) atoms. The maximum Gasteiger partial charge on any atom is 0.291 e. The normalized spacial score (nSPS) is 8.20. The molecule has 0 spiro atoms. The summed E-state index contributed by atoms with van der Waals surface area (Å²) in [7, 11) is 3.87. The molecule has 0 unspecified atom stereocenters. The molecule has 2 amide bonds. The summed E-state index contributed by atoms with van der Waals surface area (Å²) in [5.41, 5.74) is 9.05. The number of carbonyl (C=O) groups excluding carboxylic acids is 2. The first-order chi connectivity index (χ1) is 9.22. The van der Waals surface area contributed by atoms with Gasteiger partial charge in [-0.2, -0.15) is 5.26 Å². The minimum absolute atomic E-state index is 0.250. The fourth-order valence-electron chi connectivity index (χ4n) is 0.397. The maximum atomic E-state index is 8.58. The first-order valence-electron chi connectivity index (χ1n) is 4.78. The van der Waals surface area contributed by atoms with Crippen molar-refractivity contribution >= 4 is 12.8 Å². The van der Waals surface area contributed by atoms with Crippen LogP contribution in [0.25, 0.3) is 0 Å². The number of primary amides is 2. The van der Waals surface area contributed by atoms with E-state index in [2.05, 4.69) is 11.5 Å². The van der Waals surface area contributed by atoms with Gasteiger partial charge in [0.15, 0.2) is 0 Å². The number of nitrogens with two attached hydrogens (primary N) is 2. The smallest absolute Gasteiger partial charge is 0.291 e. The van der Waals surface area contributed by atoms with Crippen molar-refractivity contribution in [3.05, 3.63) is 34.0 Å². The fraction of sp³-hybridized carbons (Fsp3) is 0.300. The number of nitrogens with zero attached hydrogens (tertiary/aromatic N) is 3. The molecule has 0 bridgehead atoms. The van der Waals surface area contributed by atoms with E-state index in [1.54, 1.807) is 13.0 Å². The lowest BCUT2D eigenvalue weighted by Crippen LogP contribution is -1.99. The van der Waals surface area contributed by atoms with Gasteiger partial charge >= 0.3 is 0 Å². The van der Waals surface area contributed by atoms with Crippen molar-refractivity contribution in [2.45, 2.75) is 6.92 Å². The number of hydrogen-bond acceptors (Lipinski definition) is 6. The topological polar surface area (TPSA) is 177 Å². The largest absolute Gasteiger partial charge is 0.383 e. The zero-order valence-corrected chi connectivity index (χ0v) is 11.5. The SMILES string of the molecule is CC(C#N)=CC=CN(C)C.NC=O.NC=O.O=[N+]([O-])O. The van der Waals surface area contributed by atoms with Crippen LogP contribution in [0.3, 0.4) is 0 Å². The van der Waals surface area contributed by atoms with Crippen LogP contribution in [0, 0.1) is 21.4 Å². The lowest BCUT2D eigenvalue weighted by molar-refractivity contribution is -0.742. The number of carbonyl (C=O) groups is 2. The Kier molecular flexibility index (Phi) is 32.0. The van der Waals surface area contributed by atoms with E-state index in [4.69, 9.17) is 30.2 Å². The van der Waals surface area contributed by atoms with Gasteiger partial charge in [0, 0.05) is 19.7 Å². The maximum absolute atomic E-state index is 8.58. The van der Waals surface area contributed by atoms with Crippen molar-refractivity contribution in [2.24, 2.45) is 11.5 Å². The Morgan fingerprint density at radius 1 is 1.35 bits per heavy atom. The van der Waals surface area contributed by atoms with Crippen LogP contribution in [-0.4, -0.2) is 42.1 Å². The lowest BCUT2D eigenvalue weighted by atomic mass is 10.3. The standard InChI is InChI=1S/C8H12N2.2CH3NO.HNO3/c1-8(7-9)5-4-6-10(2)3;2*2-1-3;2-1(3)4/h4-6H,1-3H3;2*1H,(H2,2,3);(H,2,3,4). The van der Waals surface area contributed by atoms with Crippen molar-refractivity contribution in [3.63, 3.8) is 0 Å². The highest BCUT2D eigenvalue weighted by Gasteiger charge is 1.77. The van der Waals surface area contributed by atoms with Crippen molar-refractivity contribution in [2.75, 3.05) is 14.1 Å². The number of hydrogen-bond donors (Lipinski definition) is 3. The second-order valence-corrected chi connectivity index (χ2v) is 2.78. The number of amides is 2. The second kappa shape index (κ2) is 24.9. The Hall–Kier alpha value is -3.09. The average Bonchev–Trinajstić information content (AvgIpc) is 2.29. The Bertz CT molecular complexity index is 336. The summed E-state index contributed by atoms with van der Waals surface area (Å²) in [6.07, 6.45) is 6.01. The molecule has 0 saturated carbocycles. The number of rotatable bonds is 2. The van der Waals surface area contributed by atoms with Gasteiger partial charge in [0.1, 0.15) is 0 Å². The van der Waals surface area contributed by atoms with Gasteiger partial charge < -0.3 is 21.6 Å². The predicted molar refractivity (Wildman–Crippen MR) is 71.5 cm³/mol. The first-order valence-corrected chi connectivity index (χ1v) is 4.78. The summed E-state index contributed by atoms with van der Waals surface area (Å²) in [5, 5.41) is 22.0. The lowest BCUT2D eigenvalue weighted by Gasteiger charge is -2.00. The van der Waals surface area contributed by atoms with Crippen LogP contribution < -0.4 is 11.5 Å². The molecule has 5 N–H and O–H groups in total. The molecule has 0 aromatic rings. The molecule has 0 saturated heterocycles. The minimum atomic E-state index is -1.50. The highest BCUT2D eigenvalue weighted by atomic mass is 16.9. The summed E-state index contributed by atoms with van der Waals surface area (Å²) in [5.74, 6) is 0. The van der Waals surface area contributed by atoms with Crippen LogP contribution in [0.5, 0.6) is 0 Å². The quantitative estimate of drug-likeness (QED) is 0.199. The minimum Gasteiger partial charge on any atom is -0.383 e. The number of nitriles is 1.